The molecule has 0 aliphatic rings. The molecule has 0 aromatic carbocycles. The van der Waals surface area contributed by atoms with Crippen molar-refractivity contribution in [1.82, 2.24) is 0 Å². The van der Waals surface area contributed by atoms with Crippen LogP contribution in [0.3, 0.4) is 0 Å². The van der Waals surface area contributed by atoms with Gasteiger partial charge in [-0.1, -0.05) is 0 Å². The van der Waals surface area contributed by atoms with Gasteiger partial charge in [-0.2, -0.15) is 0 Å². The first-order chi connectivity index (χ1) is 4.42. The smallest absolute Gasteiger partial charge is 0.302 e. The van der Waals surface area contributed by atoms with Crippen molar-refractivity contribution in [3.63, 3.8) is 0 Å². The third-order valence-corrected chi connectivity index (χ3v) is 1.07. The summed E-state index contributed by atoms with van der Waals surface area (Å²) in [5, 5.41) is 0. The summed E-state index contributed by atoms with van der Waals surface area (Å²) in [5.74, 6) is -0.201. The fraction of sp³-hybridized carbons (Fsp3) is 0.857. The summed E-state index contributed by atoms with van der Waals surface area (Å²) in [6.07, 6.45) is 0. The maximum atomic E-state index is 10.3. The zero-order chi connectivity index (χ0) is 8.20. The van der Waals surface area contributed by atoms with Crippen LogP contribution >= 0.6 is 0 Å². The van der Waals surface area contributed by atoms with Crippen molar-refractivity contribution in [2.75, 3.05) is 34.3 Å². The molecule has 9 heteroatoms. The second-order valence-electron chi connectivity index (χ2n) is 3.35. The van der Waals surface area contributed by atoms with E-state index in [-0.39, 0.29) is 78.0 Å². The van der Waals surface area contributed by atoms with E-state index in [0.29, 0.717) is 6.61 Å². The molecular formula is C7H24CaClNO6. The summed E-state index contributed by atoms with van der Waals surface area (Å²) in [7, 11) is 6.18. The second-order valence-corrected chi connectivity index (χ2v) is 3.35. The van der Waals surface area contributed by atoms with E-state index in [1.807, 2.05) is 0 Å². The first-order valence-electron chi connectivity index (χ1n) is 3.35. The fourth-order valence-corrected chi connectivity index (χ4v) is 0.463. The van der Waals surface area contributed by atoms with Crippen LogP contribution in [-0.4, -0.2) is 104 Å². The fourth-order valence-electron chi connectivity index (χ4n) is 0.463. The minimum atomic E-state index is -0.201. The molecule has 0 spiro atoms. The van der Waals surface area contributed by atoms with Gasteiger partial charge in [-0.3, -0.25) is 4.79 Å². The molecule has 0 fully saturated rings. The van der Waals surface area contributed by atoms with Crippen molar-refractivity contribution < 1.29 is 48.3 Å². The number of likely N-dealkylation sites (N-methyl/N-ethyl adjacent to an activating group) is 1. The number of hydrogen-bond donors (Lipinski definition) is 0. The van der Waals surface area contributed by atoms with Crippen LogP contribution in [0, 0.1) is 0 Å². The third-order valence-electron chi connectivity index (χ3n) is 1.07. The van der Waals surface area contributed by atoms with Gasteiger partial charge in [0, 0.05) is 44.7 Å². The van der Waals surface area contributed by atoms with E-state index in [1.165, 1.54) is 6.92 Å². The minimum Gasteiger partial charge on any atom is -1.00 e. The number of ether oxygens (including phenoxy) is 1. The molecule has 0 amide bonds. The summed E-state index contributed by atoms with van der Waals surface area (Å²) in [6, 6.07) is 0. The van der Waals surface area contributed by atoms with Crippen LogP contribution in [0.1, 0.15) is 6.92 Å². The largest absolute Gasteiger partial charge is 1.00 e. The van der Waals surface area contributed by atoms with Crippen LogP contribution in [-0.2, 0) is 9.53 Å². The van der Waals surface area contributed by atoms with Crippen molar-refractivity contribution in [3.05, 3.63) is 0 Å². The Labute approximate surface area is 132 Å². The van der Waals surface area contributed by atoms with Crippen LogP contribution in [0.2, 0.25) is 0 Å². The van der Waals surface area contributed by atoms with Crippen molar-refractivity contribution in [3.8, 4) is 0 Å². The maximum Gasteiger partial charge on any atom is 0.302 e. The molecule has 0 aromatic heterocycles. The van der Waals surface area contributed by atoms with Crippen molar-refractivity contribution >= 4 is 43.7 Å². The van der Waals surface area contributed by atoms with Gasteiger partial charge in [-0.25, -0.2) is 0 Å². The molecule has 0 aromatic rings. The van der Waals surface area contributed by atoms with Gasteiger partial charge in [0.15, 0.2) is 0 Å². The number of nitrogens with zero attached hydrogens (tertiary/aromatic N) is 1. The zero-order valence-electron chi connectivity index (χ0n) is 10.3. The van der Waals surface area contributed by atoms with Crippen molar-refractivity contribution in [1.29, 1.82) is 0 Å². The van der Waals surface area contributed by atoms with Crippen LogP contribution in [0.25, 0.3) is 0 Å². The van der Waals surface area contributed by atoms with Crippen molar-refractivity contribution in [2.24, 2.45) is 0 Å². The Morgan fingerprint density at radius 2 is 1.38 bits per heavy atom. The van der Waals surface area contributed by atoms with Gasteiger partial charge in [-0.15, -0.1) is 0 Å². The Hall–Kier alpha value is 0.820. The van der Waals surface area contributed by atoms with Gasteiger partial charge < -0.3 is 43.5 Å². The first kappa shape index (κ1) is 43.7. The molecule has 7 nitrogen and oxygen atoms in total. The topological polar surface area (TPSA) is 152 Å². The zero-order valence-corrected chi connectivity index (χ0v) is 13.2. The molecule has 0 atom stereocenters. The number of hydrogen-bond acceptors (Lipinski definition) is 2. The SMILES string of the molecule is CC(=O)OCC[N+](C)(C)C.O.O.O.O.[Ca].[Cl-]. The Kier molecular flexibility index (Phi) is 57.7. The number of esters is 1. The van der Waals surface area contributed by atoms with Gasteiger partial charge in [0.1, 0.15) is 13.2 Å². The quantitative estimate of drug-likeness (QED) is 0.288. The van der Waals surface area contributed by atoms with E-state index >= 15 is 0 Å². The predicted octanol–water partition coefficient (Wildman–Crippen LogP) is -6.42. The average Bonchev–Trinajstić information content (AvgIpc) is 1.59. The van der Waals surface area contributed by atoms with Gasteiger partial charge in [-0.05, 0) is 0 Å². The number of quaternary nitrogens is 1. The molecular weight excluding hydrogens is 270 g/mol. The molecule has 0 bridgehead atoms. The molecule has 102 valence electrons. The Morgan fingerprint density at radius 3 is 1.56 bits per heavy atom. The molecule has 8 N–H and O–H groups in total. The Balaban J connectivity index is -0.0000000270. The summed E-state index contributed by atoms with van der Waals surface area (Å²) in [5.41, 5.74) is 0. The minimum absolute atomic E-state index is 0. The molecule has 0 saturated carbocycles. The Morgan fingerprint density at radius 1 is 1.06 bits per heavy atom. The van der Waals surface area contributed by atoms with Gasteiger partial charge in [0.25, 0.3) is 0 Å². The normalized spacial score (nSPS) is 7.00. The van der Waals surface area contributed by atoms with Crippen LogP contribution < -0.4 is 12.4 Å². The molecule has 0 aliphatic carbocycles. The number of carbonyl (C=O) groups is 1. The molecule has 16 heavy (non-hydrogen) atoms. The Bertz CT molecular complexity index is 133. The second kappa shape index (κ2) is 21.1. The van der Waals surface area contributed by atoms with E-state index in [1.54, 1.807) is 0 Å². The van der Waals surface area contributed by atoms with E-state index in [2.05, 4.69) is 21.1 Å². The molecule has 0 saturated heterocycles. The molecule has 0 aliphatic heterocycles. The van der Waals surface area contributed by atoms with E-state index in [4.69, 9.17) is 4.74 Å². The molecule has 2 radical (unpaired) electrons. The number of halogens is 1. The number of rotatable bonds is 3. The molecule has 0 heterocycles. The summed E-state index contributed by atoms with van der Waals surface area (Å²) in [4.78, 5) is 10.3. The summed E-state index contributed by atoms with van der Waals surface area (Å²) < 4.78 is 5.59. The van der Waals surface area contributed by atoms with E-state index < -0.39 is 0 Å². The predicted molar refractivity (Wildman–Crippen MR) is 59.7 cm³/mol. The van der Waals surface area contributed by atoms with E-state index in [0.717, 1.165) is 11.0 Å². The molecule has 0 unspecified atom stereocenters. The summed E-state index contributed by atoms with van der Waals surface area (Å²) >= 11 is 0. The maximum absolute atomic E-state index is 10.3. The van der Waals surface area contributed by atoms with Gasteiger partial charge in [0.05, 0.1) is 21.1 Å². The van der Waals surface area contributed by atoms with Gasteiger partial charge >= 0.3 is 5.97 Å². The van der Waals surface area contributed by atoms with Crippen LogP contribution in [0.4, 0.5) is 0 Å². The van der Waals surface area contributed by atoms with Crippen LogP contribution in [0.15, 0.2) is 0 Å². The number of carbonyl (C=O) groups excluding carboxylic acids is 1. The van der Waals surface area contributed by atoms with Crippen LogP contribution in [0.5, 0.6) is 0 Å². The first-order valence-corrected chi connectivity index (χ1v) is 3.35. The third kappa shape index (κ3) is 46.3. The average molecular weight is 294 g/mol. The van der Waals surface area contributed by atoms with E-state index in [9.17, 15) is 4.79 Å². The van der Waals surface area contributed by atoms with Gasteiger partial charge in [0.2, 0.25) is 0 Å². The monoisotopic (exact) mass is 293 g/mol. The molecule has 0 rings (SSSR count). The van der Waals surface area contributed by atoms with Crippen molar-refractivity contribution in [2.45, 2.75) is 6.92 Å². The standard InChI is InChI=1S/C7H16NO2.Ca.ClH.4H2O/c1-7(9)10-6-5-8(2,3)4;;;;;;/h5-6H2,1-4H3;;1H;4*1H2/q+1;;;;;;/p-1. The summed E-state index contributed by atoms with van der Waals surface area (Å²) in [6.45, 7) is 2.80.